The molecule has 0 radical (unpaired) electrons. The first-order valence-corrected chi connectivity index (χ1v) is 6.56. The van der Waals surface area contributed by atoms with Crippen LogP contribution in [0.4, 0.5) is 0 Å². The molecular formula is C13H18N4O. The molecule has 1 fully saturated rings. The van der Waals surface area contributed by atoms with Crippen LogP contribution in [0.5, 0.6) is 0 Å². The second-order valence-corrected chi connectivity index (χ2v) is 5.06. The van der Waals surface area contributed by atoms with Crippen LogP contribution in [0.1, 0.15) is 50.9 Å². The lowest BCUT2D eigenvalue weighted by Crippen LogP contribution is -2.17. The van der Waals surface area contributed by atoms with Crippen molar-refractivity contribution < 1.29 is 4.74 Å². The van der Waals surface area contributed by atoms with Crippen molar-refractivity contribution in [1.29, 1.82) is 0 Å². The summed E-state index contributed by atoms with van der Waals surface area (Å²) in [6.07, 6.45) is 6.92. The van der Waals surface area contributed by atoms with Crippen LogP contribution in [-0.4, -0.2) is 26.1 Å². The van der Waals surface area contributed by atoms with Crippen molar-refractivity contribution >= 4 is 11.2 Å². The highest BCUT2D eigenvalue weighted by atomic mass is 16.5. The van der Waals surface area contributed by atoms with E-state index in [4.69, 9.17) is 4.74 Å². The zero-order valence-corrected chi connectivity index (χ0v) is 10.8. The number of ether oxygens (including phenoxy) is 1. The molecule has 0 N–H and O–H groups in total. The van der Waals surface area contributed by atoms with Gasteiger partial charge < -0.3 is 4.74 Å². The summed E-state index contributed by atoms with van der Waals surface area (Å²) in [5, 5.41) is 0. The van der Waals surface area contributed by atoms with Gasteiger partial charge >= 0.3 is 0 Å². The van der Waals surface area contributed by atoms with Gasteiger partial charge in [-0.05, 0) is 25.2 Å². The van der Waals surface area contributed by atoms with Gasteiger partial charge in [0, 0.05) is 6.61 Å². The Morgan fingerprint density at radius 1 is 1.28 bits per heavy atom. The van der Waals surface area contributed by atoms with E-state index in [9.17, 15) is 0 Å². The topological polar surface area (TPSA) is 52.8 Å². The van der Waals surface area contributed by atoms with Crippen molar-refractivity contribution in [2.75, 3.05) is 6.61 Å². The fourth-order valence-corrected chi connectivity index (χ4v) is 2.45. The van der Waals surface area contributed by atoms with E-state index in [-0.39, 0.29) is 6.23 Å². The van der Waals surface area contributed by atoms with Crippen molar-refractivity contribution in [2.45, 2.75) is 45.3 Å². The summed E-state index contributed by atoms with van der Waals surface area (Å²) in [6, 6.07) is 0. The highest BCUT2D eigenvalue weighted by Gasteiger charge is 2.20. The lowest BCUT2D eigenvalue weighted by molar-refractivity contribution is -0.0298. The Kier molecular flexibility index (Phi) is 2.99. The predicted molar refractivity (Wildman–Crippen MR) is 68.3 cm³/mol. The zero-order chi connectivity index (χ0) is 12.5. The highest BCUT2D eigenvalue weighted by molar-refractivity contribution is 5.73. The molecule has 1 saturated heterocycles. The van der Waals surface area contributed by atoms with Crippen molar-refractivity contribution in [2.24, 2.45) is 0 Å². The minimum Gasteiger partial charge on any atom is -0.358 e. The Labute approximate surface area is 106 Å². The molecule has 1 aliphatic heterocycles. The van der Waals surface area contributed by atoms with Gasteiger partial charge in [-0.2, -0.15) is 0 Å². The molecule has 0 spiro atoms. The van der Waals surface area contributed by atoms with Gasteiger partial charge in [-0.25, -0.2) is 15.0 Å². The van der Waals surface area contributed by atoms with Gasteiger partial charge in [0.1, 0.15) is 18.1 Å². The van der Waals surface area contributed by atoms with Crippen molar-refractivity contribution in [3.8, 4) is 0 Å². The van der Waals surface area contributed by atoms with Crippen LogP contribution in [0, 0.1) is 0 Å². The van der Waals surface area contributed by atoms with E-state index in [0.29, 0.717) is 5.92 Å². The second-order valence-electron chi connectivity index (χ2n) is 5.06. The van der Waals surface area contributed by atoms with Gasteiger partial charge in [-0.15, -0.1) is 0 Å². The first kappa shape index (κ1) is 11.6. The molecule has 5 heteroatoms. The molecule has 5 nitrogen and oxygen atoms in total. The maximum atomic E-state index is 5.79. The average molecular weight is 246 g/mol. The number of fused-ring (bicyclic) bond motifs is 1. The molecule has 0 saturated carbocycles. The van der Waals surface area contributed by atoms with Gasteiger partial charge in [0.2, 0.25) is 0 Å². The van der Waals surface area contributed by atoms with Crippen LogP contribution in [-0.2, 0) is 4.74 Å². The number of hydrogen-bond acceptors (Lipinski definition) is 4. The maximum absolute atomic E-state index is 5.79. The van der Waals surface area contributed by atoms with Crippen LogP contribution < -0.4 is 0 Å². The third-order valence-corrected chi connectivity index (χ3v) is 3.40. The van der Waals surface area contributed by atoms with Crippen molar-refractivity contribution in [3.05, 3.63) is 18.3 Å². The van der Waals surface area contributed by atoms with Gasteiger partial charge in [-0.3, -0.25) is 4.57 Å². The average Bonchev–Trinajstić information content (AvgIpc) is 2.83. The molecule has 0 aromatic carbocycles. The third kappa shape index (κ3) is 1.88. The lowest BCUT2D eigenvalue weighted by atomic mass is 10.1. The summed E-state index contributed by atoms with van der Waals surface area (Å²) in [6.45, 7) is 5.07. The Morgan fingerprint density at radius 2 is 2.17 bits per heavy atom. The van der Waals surface area contributed by atoms with Crippen LogP contribution in [0.3, 0.4) is 0 Å². The predicted octanol–water partition coefficient (Wildman–Crippen LogP) is 2.65. The third-order valence-electron chi connectivity index (χ3n) is 3.40. The van der Waals surface area contributed by atoms with E-state index in [1.807, 2.05) is 10.9 Å². The van der Waals surface area contributed by atoms with E-state index in [1.54, 1.807) is 6.33 Å². The molecule has 1 unspecified atom stereocenters. The van der Waals surface area contributed by atoms with Crippen LogP contribution in [0.15, 0.2) is 12.7 Å². The van der Waals surface area contributed by atoms with E-state index in [0.717, 1.165) is 36.3 Å². The minimum absolute atomic E-state index is 0.0821. The molecule has 0 aliphatic carbocycles. The summed E-state index contributed by atoms with van der Waals surface area (Å²) < 4.78 is 7.84. The molecule has 0 amide bonds. The minimum atomic E-state index is 0.0821. The summed E-state index contributed by atoms with van der Waals surface area (Å²) in [7, 11) is 0. The number of rotatable bonds is 2. The number of imidazole rings is 1. The molecule has 96 valence electrons. The van der Waals surface area contributed by atoms with Crippen molar-refractivity contribution in [3.63, 3.8) is 0 Å². The first-order chi connectivity index (χ1) is 8.77. The van der Waals surface area contributed by atoms with Crippen LogP contribution in [0.25, 0.3) is 11.2 Å². The van der Waals surface area contributed by atoms with Gasteiger partial charge in [0.05, 0.1) is 12.0 Å². The van der Waals surface area contributed by atoms with Crippen LogP contribution >= 0.6 is 0 Å². The largest absolute Gasteiger partial charge is 0.358 e. The van der Waals surface area contributed by atoms with Gasteiger partial charge in [0.25, 0.3) is 0 Å². The molecule has 18 heavy (non-hydrogen) atoms. The van der Waals surface area contributed by atoms with E-state index < -0.39 is 0 Å². The van der Waals surface area contributed by atoms with Crippen molar-refractivity contribution in [1.82, 2.24) is 19.5 Å². The standard InChI is InChI=1S/C13H18N4O/c1-9(2)11-12-13(15-7-14-11)17(8-16-12)10-5-3-4-6-18-10/h7-10H,3-6H2,1-2H3. The summed E-state index contributed by atoms with van der Waals surface area (Å²) in [4.78, 5) is 13.2. The number of aromatic nitrogens is 4. The van der Waals surface area contributed by atoms with E-state index in [1.165, 1.54) is 6.42 Å². The Balaban J connectivity index is 2.06. The summed E-state index contributed by atoms with van der Waals surface area (Å²) in [5.74, 6) is 0.353. The Morgan fingerprint density at radius 3 is 2.89 bits per heavy atom. The second kappa shape index (κ2) is 4.65. The smallest absolute Gasteiger partial charge is 0.165 e. The zero-order valence-electron chi connectivity index (χ0n) is 10.8. The summed E-state index contributed by atoms with van der Waals surface area (Å²) in [5.41, 5.74) is 2.80. The van der Waals surface area contributed by atoms with Gasteiger partial charge in [0.15, 0.2) is 5.65 Å². The Hall–Kier alpha value is -1.49. The number of nitrogens with zero attached hydrogens (tertiary/aromatic N) is 4. The van der Waals surface area contributed by atoms with E-state index >= 15 is 0 Å². The molecular weight excluding hydrogens is 228 g/mol. The molecule has 3 heterocycles. The van der Waals surface area contributed by atoms with Gasteiger partial charge in [-0.1, -0.05) is 13.8 Å². The fraction of sp³-hybridized carbons (Fsp3) is 0.615. The molecule has 0 bridgehead atoms. The highest BCUT2D eigenvalue weighted by Crippen LogP contribution is 2.27. The molecule has 1 aliphatic rings. The molecule has 3 rings (SSSR count). The SMILES string of the molecule is CC(C)c1ncnc2c1ncn2C1CCCCO1. The lowest BCUT2D eigenvalue weighted by Gasteiger charge is -2.23. The molecule has 1 atom stereocenters. The fourth-order valence-electron chi connectivity index (χ4n) is 2.45. The maximum Gasteiger partial charge on any atom is 0.165 e. The Bertz CT molecular complexity index is 543. The quantitative estimate of drug-likeness (QED) is 0.817. The number of hydrogen-bond donors (Lipinski definition) is 0. The first-order valence-electron chi connectivity index (χ1n) is 6.56. The monoisotopic (exact) mass is 246 g/mol. The van der Waals surface area contributed by atoms with Crippen LogP contribution in [0.2, 0.25) is 0 Å². The molecule has 2 aromatic rings. The normalized spacial score (nSPS) is 20.7. The summed E-state index contributed by atoms with van der Waals surface area (Å²) >= 11 is 0. The van der Waals surface area contributed by atoms with E-state index in [2.05, 4.69) is 28.8 Å². The molecule has 2 aromatic heterocycles.